The number of nitrogens with one attached hydrogen (secondary N) is 1. The summed E-state index contributed by atoms with van der Waals surface area (Å²) in [4.78, 5) is 15.5. The molecule has 1 aromatic carbocycles. The molecular formula is C16H19FN2O2S. The topological polar surface area (TPSA) is 62.2 Å². The maximum atomic E-state index is 12.9. The maximum absolute atomic E-state index is 12.9. The monoisotopic (exact) mass is 322 g/mol. The van der Waals surface area contributed by atoms with Crippen LogP contribution in [0.5, 0.6) is 0 Å². The number of carboxylic acids is 1. The standard InChI is InChI=1S/C16H19FN2O2S/c1-16(2,15(20)21)7-8-18-9-13-10-22-14(19-13)11-3-5-12(17)6-4-11/h3-6,10,18H,7-9H2,1-2H3,(H,20,21). The van der Waals surface area contributed by atoms with Crippen LogP contribution < -0.4 is 5.32 Å². The van der Waals surface area contributed by atoms with E-state index in [0.717, 1.165) is 16.3 Å². The molecule has 0 aliphatic heterocycles. The van der Waals surface area contributed by atoms with Gasteiger partial charge in [0.2, 0.25) is 0 Å². The van der Waals surface area contributed by atoms with Crippen LogP contribution >= 0.6 is 11.3 Å². The molecule has 1 heterocycles. The number of hydrogen-bond donors (Lipinski definition) is 2. The molecule has 0 amide bonds. The number of aromatic nitrogens is 1. The SMILES string of the molecule is CC(C)(CCNCc1csc(-c2ccc(F)cc2)n1)C(=O)O. The lowest BCUT2D eigenvalue weighted by molar-refractivity contribution is -0.147. The highest BCUT2D eigenvalue weighted by atomic mass is 32.1. The van der Waals surface area contributed by atoms with Crippen LogP contribution in [0.1, 0.15) is 26.0 Å². The first-order valence-corrected chi connectivity index (χ1v) is 7.91. The zero-order valence-corrected chi connectivity index (χ0v) is 13.4. The second-order valence-corrected chi connectivity index (χ2v) is 6.62. The van der Waals surface area contributed by atoms with Gasteiger partial charge in [-0.25, -0.2) is 9.37 Å². The van der Waals surface area contributed by atoms with Gasteiger partial charge in [0.1, 0.15) is 10.8 Å². The van der Waals surface area contributed by atoms with Gasteiger partial charge in [0.25, 0.3) is 0 Å². The Morgan fingerprint density at radius 2 is 2.05 bits per heavy atom. The van der Waals surface area contributed by atoms with E-state index in [-0.39, 0.29) is 5.82 Å². The lowest BCUT2D eigenvalue weighted by Gasteiger charge is -2.18. The van der Waals surface area contributed by atoms with Crippen molar-refractivity contribution in [3.8, 4) is 10.6 Å². The van der Waals surface area contributed by atoms with Gasteiger partial charge in [0.15, 0.2) is 0 Å². The minimum atomic E-state index is -0.790. The summed E-state index contributed by atoms with van der Waals surface area (Å²) in [5.41, 5.74) is 1.07. The highest BCUT2D eigenvalue weighted by Crippen LogP contribution is 2.24. The van der Waals surface area contributed by atoms with Gasteiger partial charge < -0.3 is 10.4 Å². The lowest BCUT2D eigenvalue weighted by atomic mass is 9.90. The first kappa shape index (κ1) is 16.6. The summed E-state index contributed by atoms with van der Waals surface area (Å²) in [6, 6.07) is 6.26. The highest BCUT2D eigenvalue weighted by Gasteiger charge is 2.26. The number of aliphatic carboxylic acids is 1. The molecule has 4 nitrogen and oxygen atoms in total. The summed E-state index contributed by atoms with van der Waals surface area (Å²) < 4.78 is 12.9. The summed E-state index contributed by atoms with van der Waals surface area (Å²) >= 11 is 1.51. The van der Waals surface area contributed by atoms with Gasteiger partial charge in [-0.3, -0.25) is 4.79 Å². The van der Waals surface area contributed by atoms with Crippen molar-refractivity contribution < 1.29 is 14.3 Å². The third kappa shape index (κ3) is 4.35. The van der Waals surface area contributed by atoms with E-state index in [4.69, 9.17) is 5.11 Å². The van der Waals surface area contributed by atoms with E-state index in [1.165, 1.54) is 23.5 Å². The van der Waals surface area contributed by atoms with Gasteiger partial charge in [-0.05, 0) is 51.1 Å². The first-order valence-electron chi connectivity index (χ1n) is 7.03. The molecule has 2 rings (SSSR count). The molecule has 0 atom stereocenters. The van der Waals surface area contributed by atoms with Crippen LogP contribution in [0.4, 0.5) is 4.39 Å². The average molecular weight is 322 g/mol. The molecule has 22 heavy (non-hydrogen) atoms. The fourth-order valence-corrected chi connectivity index (χ4v) is 2.66. The summed E-state index contributed by atoms with van der Waals surface area (Å²) in [5.74, 6) is -1.05. The zero-order valence-electron chi connectivity index (χ0n) is 12.6. The smallest absolute Gasteiger partial charge is 0.309 e. The molecule has 0 saturated carbocycles. The molecular weight excluding hydrogens is 303 g/mol. The van der Waals surface area contributed by atoms with E-state index >= 15 is 0 Å². The number of halogens is 1. The second kappa shape index (κ2) is 6.98. The molecule has 118 valence electrons. The second-order valence-electron chi connectivity index (χ2n) is 5.77. The van der Waals surface area contributed by atoms with Crippen molar-refractivity contribution in [1.82, 2.24) is 10.3 Å². The zero-order chi connectivity index (χ0) is 16.2. The van der Waals surface area contributed by atoms with Gasteiger partial charge in [0.05, 0.1) is 11.1 Å². The molecule has 2 aromatic rings. The van der Waals surface area contributed by atoms with Crippen LogP contribution in [-0.4, -0.2) is 22.6 Å². The predicted octanol–water partition coefficient (Wildman–Crippen LogP) is 3.54. The van der Waals surface area contributed by atoms with Crippen LogP contribution in [0.25, 0.3) is 10.6 Å². The minimum absolute atomic E-state index is 0.261. The molecule has 0 aliphatic rings. The Hall–Kier alpha value is -1.79. The van der Waals surface area contributed by atoms with Gasteiger partial charge in [0, 0.05) is 17.5 Å². The van der Waals surface area contributed by atoms with E-state index in [1.807, 2.05) is 5.38 Å². The van der Waals surface area contributed by atoms with Gasteiger partial charge in [-0.2, -0.15) is 0 Å². The number of rotatable bonds is 7. The molecule has 2 N–H and O–H groups in total. The van der Waals surface area contributed by atoms with Crippen molar-refractivity contribution in [2.24, 2.45) is 5.41 Å². The number of hydrogen-bond acceptors (Lipinski definition) is 4. The Morgan fingerprint density at radius 3 is 2.68 bits per heavy atom. The Morgan fingerprint density at radius 1 is 1.36 bits per heavy atom. The van der Waals surface area contributed by atoms with Crippen LogP contribution in [0, 0.1) is 11.2 Å². The quantitative estimate of drug-likeness (QED) is 0.765. The summed E-state index contributed by atoms with van der Waals surface area (Å²) in [6.45, 7) is 4.63. The fraction of sp³-hybridized carbons (Fsp3) is 0.375. The maximum Gasteiger partial charge on any atom is 0.309 e. The van der Waals surface area contributed by atoms with Crippen LogP contribution in [-0.2, 0) is 11.3 Å². The van der Waals surface area contributed by atoms with Crippen molar-refractivity contribution >= 4 is 17.3 Å². The largest absolute Gasteiger partial charge is 0.481 e. The van der Waals surface area contributed by atoms with Crippen molar-refractivity contribution in [1.29, 1.82) is 0 Å². The van der Waals surface area contributed by atoms with Crippen LogP contribution in [0.2, 0.25) is 0 Å². The number of thiazole rings is 1. The van der Waals surface area contributed by atoms with E-state index < -0.39 is 11.4 Å². The fourth-order valence-electron chi connectivity index (χ4n) is 1.84. The van der Waals surface area contributed by atoms with Crippen molar-refractivity contribution in [3.63, 3.8) is 0 Å². The van der Waals surface area contributed by atoms with E-state index in [0.29, 0.717) is 19.5 Å². The molecule has 0 unspecified atom stereocenters. The molecule has 0 aliphatic carbocycles. The van der Waals surface area contributed by atoms with E-state index in [2.05, 4.69) is 10.3 Å². The third-order valence-electron chi connectivity index (χ3n) is 3.45. The van der Waals surface area contributed by atoms with Gasteiger partial charge >= 0.3 is 5.97 Å². The van der Waals surface area contributed by atoms with Gasteiger partial charge in [-0.15, -0.1) is 11.3 Å². The summed E-state index contributed by atoms with van der Waals surface area (Å²) in [6.07, 6.45) is 0.553. The Labute approximate surface area is 133 Å². The molecule has 0 bridgehead atoms. The Balaban J connectivity index is 1.85. The summed E-state index contributed by atoms with van der Waals surface area (Å²) in [5, 5.41) is 15.1. The Kier molecular flexibility index (Phi) is 5.26. The molecule has 0 spiro atoms. The van der Waals surface area contributed by atoms with E-state index in [1.54, 1.807) is 26.0 Å². The highest BCUT2D eigenvalue weighted by molar-refractivity contribution is 7.13. The third-order valence-corrected chi connectivity index (χ3v) is 4.39. The van der Waals surface area contributed by atoms with Crippen LogP contribution in [0.3, 0.4) is 0 Å². The van der Waals surface area contributed by atoms with E-state index in [9.17, 15) is 9.18 Å². The normalized spacial score (nSPS) is 11.6. The number of nitrogens with zero attached hydrogens (tertiary/aromatic N) is 1. The Bertz CT molecular complexity index is 638. The molecule has 0 saturated heterocycles. The number of carboxylic acid groups (broad SMARTS) is 1. The predicted molar refractivity (Wildman–Crippen MR) is 85.2 cm³/mol. The van der Waals surface area contributed by atoms with Crippen molar-refractivity contribution in [3.05, 3.63) is 41.2 Å². The molecule has 6 heteroatoms. The lowest BCUT2D eigenvalue weighted by Crippen LogP contribution is -2.28. The average Bonchev–Trinajstić information content (AvgIpc) is 2.93. The molecule has 0 radical (unpaired) electrons. The first-order chi connectivity index (χ1) is 10.4. The minimum Gasteiger partial charge on any atom is -0.481 e. The number of carbonyl (C=O) groups is 1. The van der Waals surface area contributed by atoms with Crippen molar-refractivity contribution in [2.45, 2.75) is 26.8 Å². The molecule has 0 fully saturated rings. The number of benzene rings is 1. The summed E-state index contributed by atoms with van der Waals surface area (Å²) in [7, 11) is 0. The molecule has 1 aromatic heterocycles. The van der Waals surface area contributed by atoms with Gasteiger partial charge in [-0.1, -0.05) is 0 Å². The van der Waals surface area contributed by atoms with Crippen LogP contribution in [0.15, 0.2) is 29.6 Å². The van der Waals surface area contributed by atoms with Crippen molar-refractivity contribution in [2.75, 3.05) is 6.54 Å².